The monoisotopic (exact) mass is 529 g/mol. The molecule has 0 atom stereocenters. The molecule has 0 aliphatic carbocycles. The second-order valence-corrected chi connectivity index (χ2v) is 8.03. The number of carbonyl (C=O) groups excluding carboxylic acids is 1. The number of amides is 1. The smallest absolute Gasteiger partial charge is 0.272 e. The van der Waals surface area contributed by atoms with E-state index in [1.165, 1.54) is 18.2 Å². The second kappa shape index (κ2) is 12.0. The molecule has 11 heteroatoms. The van der Waals surface area contributed by atoms with Crippen molar-refractivity contribution >= 4 is 46.6 Å². The van der Waals surface area contributed by atoms with Gasteiger partial charge >= 0.3 is 0 Å². The second-order valence-electron chi connectivity index (χ2n) is 7.22. The van der Waals surface area contributed by atoms with Gasteiger partial charge in [0.2, 0.25) is 0 Å². The number of nitriles is 1. The molecule has 0 fully saturated rings. The molecule has 0 aliphatic heterocycles. The minimum atomic E-state index is -0.815. The molecule has 3 rings (SSSR count). The zero-order chi connectivity index (χ0) is 26.2. The number of ether oxygens (including phenoxy) is 2. The minimum Gasteiger partial charge on any atom is -0.490 e. The Bertz CT molecular complexity index is 1350. The summed E-state index contributed by atoms with van der Waals surface area (Å²) >= 11 is 12.1. The van der Waals surface area contributed by atoms with E-state index in [0.717, 1.165) is 17.7 Å². The van der Waals surface area contributed by atoms with Gasteiger partial charge < -0.3 is 14.8 Å². The molecule has 3 aromatic rings. The summed E-state index contributed by atoms with van der Waals surface area (Å²) in [5.74, 6) is -0.358. The lowest BCUT2D eigenvalue weighted by molar-refractivity contribution is -0.384. The summed E-state index contributed by atoms with van der Waals surface area (Å²) in [6.45, 7) is 2.30. The zero-order valence-corrected chi connectivity index (χ0v) is 20.3. The zero-order valence-electron chi connectivity index (χ0n) is 18.8. The van der Waals surface area contributed by atoms with Crippen LogP contribution in [0.1, 0.15) is 18.1 Å². The number of nitro benzene ring substituents is 1. The first-order valence-corrected chi connectivity index (χ1v) is 11.2. The maximum Gasteiger partial charge on any atom is 0.272 e. The Morgan fingerprint density at radius 3 is 2.36 bits per heavy atom. The third-order valence-electron chi connectivity index (χ3n) is 4.73. The fourth-order valence-corrected chi connectivity index (χ4v) is 3.59. The summed E-state index contributed by atoms with van der Waals surface area (Å²) in [5, 5.41) is 22.6. The van der Waals surface area contributed by atoms with E-state index in [9.17, 15) is 24.6 Å². The summed E-state index contributed by atoms with van der Waals surface area (Å²) in [7, 11) is 0. The number of anilines is 1. The van der Waals surface area contributed by atoms with Gasteiger partial charge in [-0.1, -0.05) is 41.4 Å². The van der Waals surface area contributed by atoms with Crippen molar-refractivity contribution in [2.75, 3.05) is 11.9 Å². The van der Waals surface area contributed by atoms with Crippen LogP contribution in [0.5, 0.6) is 11.5 Å². The maximum atomic E-state index is 13.1. The quantitative estimate of drug-likeness (QED) is 0.145. The van der Waals surface area contributed by atoms with Crippen LogP contribution in [0.25, 0.3) is 6.08 Å². The lowest BCUT2D eigenvalue weighted by Gasteiger charge is -2.13. The van der Waals surface area contributed by atoms with Crippen LogP contribution < -0.4 is 14.8 Å². The predicted octanol–water partition coefficient (Wildman–Crippen LogP) is 6.56. The Labute approximate surface area is 215 Å². The molecule has 0 radical (unpaired) electrons. The Balaban J connectivity index is 1.81. The topological polar surface area (TPSA) is 114 Å². The number of hydrogen-bond acceptors (Lipinski definition) is 6. The van der Waals surface area contributed by atoms with E-state index in [1.54, 1.807) is 37.3 Å². The molecule has 0 saturated carbocycles. The largest absolute Gasteiger partial charge is 0.490 e. The molecule has 0 saturated heterocycles. The van der Waals surface area contributed by atoms with Crippen LogP contribution in [0.2, 0.25) is 10.0 Å². The first-order chi connectivity index (χ1) is 17.2. The first-order valence-electron chi connectivity index (χ1n) is 10.4. The normalized spacial score (nSPS) is 10.9. The molecule has 0 heterocycles. The van der Waals surface area contributed by atoms with Gasteiger partial charge in [-0.3, -0.25) is 14.9 Å². The van der Waals surface area contributed by atoms with E-state index >= 15 is 0 Å². The molecule has 184 valence electrons. The van der Waals surface area contributed by atoms with Crippen molar-refractivity contribution in [1.82, 2.24) is 0 Å². The number of rotatable bonds is 9. The number of benzene rings is 3. The number of nitro groups is 1. The molecule has 0 spiro atoms. The molecular weight excluding hydrogens is 512 g/mol. The predicted molar refractivity (Wildman–Crippen MR) is 134 cm³/mol. The molecule has 1 amide bonds. The van der Waals surface area contributed by atoms with E-state index in [0.29, 0.717) is 23.7 Å². The first kappa shape index (κ1) is 26.5. The number of nitrogens with one attached hydrogen (secondary N) is 1. The van der Waals surface area contributed by atoms with E-state index in [4.69, 9.17) is 32.7 Å². The average Bonchev–Trinajstić information content (AvgIpc) is 2.85. The van der Waals surface area contributed by atoms with Gasteiger partial charge in [-0.25, -0.2) is 4.39 Å². The Morgan fingerprint density at radius 2 is 1.78 bits per heavy atom. The highest BCUT2D eigenvalue weighted by Gasteiger charge is 2.18. The van der Waals surface area contributed by atoms with Crippen LogP contribution in [-0.2, 0) is 11.4 Å². The van der Waals surface area contributed by atoms with Gasteiger partial charge in [0, 0.05) is 12.1 Å². The fourth-order valence-electron chi connectivity index (χ4n) is 3.02. The van der Waals surface area contributed by atoms with E-state index in [1.807, 2.05) is 6.07 Å². The van der Waals surface area contributed by atoms with E-state index in [2.05, 4.69) is 5.32 Å². The Kier molecular flexibility index (Phi) is 8.84. The lowest BCUT2D eigenvalue weighted by atomic mass is 10.1. The molecule has 0 aliphatic rings. The summed E-state index contributed by atoms with van der Waals surface area (Å²) in [6.07, 6.45) is 1.33. The van der Waals surface area contributed by atoms with Gasteiger partial charge in [0.05, 0.1) is 27.3 Å². The van der Waals surface area contributed by atoms with Crippen molar-refractivity contribution in [2.24, 2.45) is 0 Å². The van der Waals surface area contributed by atoms with Gasteiger partial charge in [0.1, 0.15) is 24.1 Å². The molecule has 3 aromatic carbocycles. The molecule has 36 heavy (non-hydrogen) atoms. The van der Waals surface area contributed by atoms with E-state index in [-0.39, 0.29) is 39.4 Å². The summed E-state index contributed by atoms with van der Waals surface area (Å²) in [6, 6.07) is 14.6. The Hall–Kier alpha value is -4.13. The highest BCUT2D eigenvalue weighted by molar-refractivity contribution is 6.40. The lowest BCUT2D eigenvalue weighted by Crippen LogP contribution is -2.14. The summed E-state index contributed by atoms with van der Waals surface area (Å²) in [5.41, 5.74) is 0.553. The van der Waals surface area contributed by atoms with Crippen LogP contribution in [0.3, 0.4) is 0 Å². The van der Waals surface area contributed by atoms with Crippen LogP contribution in [-0.4, -0.2) is 17.4 Å². The highest BCUT2D eigenvalue weighted by atomic mass is 35.5. The standard InChI is InChI=1S/C25H18Cl2FN3O5/c1-2-35-23-10-16(5-8-22(23)36-14-15-3-6-18(28)7-4-15)9-17(13-29)25(32)30-24-20(26)11-19(31(33)34)12-21(24)27/h3-12H,2,14H2,1H3,(H,30,32)/b17-9+. The maximum absolute atomic E-state index is 13.1. The van der Waals surface area contributed by atoms with Crippen LogP contribution in [0, 0.1) is 27.3 Å². The van der Waals surface area contributed by atoms with Gasteiger partial charge in [-0.05, 0) is 48.4 Å². The van der Waals surface area contributed by atoms with Crippen molar-refractivity contribution < 1.29 is 23.6 Å². The van der Waals surface area contributed by atoms with Gasteiger partial charge in [-0.15, -0.1) is 0 Å². The van der Waals surface area contributed by atoms with Crippen molar-refractivity contribution in [3.05, 3.63) is 97.3 Å². The number of non-ortho nitro benzene ring substituents is 1. The molecule has 1 N–H and O–H groups in total. The molecule has 8 nitrogen and oxygen atoms in total. The van der Waals surface area contributed by atoms with Gasteiger partial charge in [0.25, 0.3) is 11.6 Å². The van der Waals surface area contributed by atoms with Crippen molar-refractivity contribution in [2.45, 2.75) is 13.5 Å². The number of halogens is 3. The number of hydrogen-bond donors (Lipinski definition) is 1. The van der Waals surface area contributed by atoms with E-state index < -0.39 is 10.8 Å². The average molecular weight is 530 g/mol. The molecular formula is C25H18Cl2FN3O5. The van der Waals surface area contributed by atoms with Crippen LogP contribution >= 0.6 is 23.2 Å². The molecule has 0 aromatic heterocycles. The Morgan fingerprint density at radius 1 is 1.11 bits per heavy atom. The third-order valence-corrected chi connectivity index (χ3v) is 5.32. The number of carbonyl (C=O) groups is 1. The summed E-state index contributed by atoms with van der Waals surface area (Å²) in [4.78, 5) is 23.0. The molecule has 0 bridgehead atoms. The van der Waals surface area contributed by atoms with Gasteiger partial charge in [0.15, 0.2) is 11.5 Å². The summed E-state index contributed by atoms with van der Waals surface area (Å²) < 4.78 is 24.5. The van der Waals surface area contributed by atoms with Crippen molar-refractivity contribution in [3.63, 3.8) is 0 Å². The minimum absolute atomic E-state index is 0.0605. The highest BCUT2D eigenvalue weighted by Crippen LogP contribution is 2.35. The molecule has 0 unspecified atom stereocenters. The van der Waals surface area contributed by atoms with Crippen molar-refractivity contribution in [1.29, 1.82) is 5.26 Å². The van der Waals surface area contributed by atoms with Crippen molar-refractivity contribution in [3.8, 4) is 17.6 Å². The van der Waals surface area contributed by atoms with Gasteiger partial charge in [-0.2, -0.15) is 5.26 Å². The van der Waals surface area contributed by atoms with Crippen LogP contribution in [0.4, 0.5) is 15.8 Å². The fraction of sp³-hybridized carbons (Fsp3) is 0.120. The van der Waals surface area contributed by atoms with Crippen LogP contribution in [0.15, 0.2) is 60.2 Å². The number of nitrogens with zero attached hydrogens (tertiary/aromatic N) is 2. The SMILES string of the molecule is CCOc1cc(/C=C(\C#N)C(=O)Nc2c(Cl)cc([N+](=O)[O-])cc2Cl)ccc1OCc1ccc(F)cc1. The third kappa shape index (κ3) is 6.72.